The number of hydrogen-bond acceptors (Lipinski definition) is 4. The van der Waals surface area contributed by atoms with Gasteiger partial charge in [0.25, 0.3) is 0 Å². The van der Waals surface area contributed by atoms with E-state index in [1.807, 2.05) is 0 Å². The molecule has 0 unspecified atom stereocenters. The molecule has 0 aliphatic rings. The molecule has 2 N–H and O–H groups in total. The van der Waals surface area contributed by atoms with E-state index in [2.05, 4.69) is 5.32 Å². The Bertz CT molecular complexity index is 575. The van der Waals surface area contributed by atoms with Crippen LogP contribution in [0.4, 0.5) is 4.39 Å². The first-order valence-electron chi connectivity index (χ1n) is 6.97. The van der Waals surface area contributed by atoms with Crippen molar-refractivity contribution in [2.45, 2.75) is 24.2 Å². The number of aliphatic hydroxyl groups is 1. The average Bonchev–Trinajstić information content (AvgIpc) is 2.47. The normalized spacial score (nSPS) is 11.6. The number of hydrogen-bond donors (Lipinski definition) is 2. The molecule has 1 aromatic rings. The van der Waals surface area contributed by atoms with Crippen molar-refractivity contribution < 1.29 is 22.7 Å². The van der Waals surface area contributed by atoms with E-state index < -0.39 is 15.8 Å². The highest BCUT2D eigenvalue weighted by Crippen LogP contribution is 2.15. The summed E-state index contributed by atoms with van der Waals surface area (Å²) in [7, 11) is -2.25. The Morgan fingerprint density at radius 1 is 1.27 bits per heavy atom. The summed E-state index contributed by atoms with van der Waals surface area (Å²) in [4.78, 5) is 11.5. The lowest BCUT2D eigenvalue weighted by molar-refractivity contribution is -0.121. The van der Waals surface area contributed by atoms with Crippen molar-refractivity contribution in [3.8, 4) is 0 Å². The van der Waals surface area contributed by atoms with Crippen LogP contribution in [0, 0.1) is 5.82 Å². The van der Waals surface area contributed by atoms with Crippen LogP contribution < -0.4 is 5.32 Å². The van der Waals surface area contributed by atoms with E-state index in [1.165, 1.54) is 19.2 Å². The molecule has 1 aromatic carbocycles. The van der Waals surface area contributed by atoms with Crippen molar-refractivity contribution in [2.75, 3.05) is 26.7 Å². The smallest absolute Gasteiger partial charge is 0.242 e. The third-order valence-corrected chi connectivity index (χ3v) is 4.93. The molecule has 0 aromatic heterocycles. The predicted octanol–water partition coefficient (Wildman–Crippen LogP) is 0.725. The van der Waals surface area contributed by atoms with Gasteiger partial charge in [-0.3, -0.25) is 4.79 Å². The molecule has 22 heavy (non-hydrogen) atoms. The summed E-state index contributed by atoms with van der Waals surface area (Å²) >= 11 is 0. The largest absolute Gasteiger partial charge is 0.396 e. The lowest BCUT2D eigenvalue weighted by atomic mass is 10.3. The Kier molecular flexibility index (Phi) is 7.43. The van der Waals surface area contributed by atoms with Crippen LogP contribution in [-0.2, 0) is 14.8 Å². The highest BCUT2D eigenvalue weighted by Gasteiger charge is 2.20. The topological polar surface area (TPSA) is 86.7 Å². The Labute approximate surface area is 130 Å². The van der Waals surface area contributed by atoms with Crippen molar-refractivity contribution >= 4 is 15.9 Å². The molecule has 8 heteroatoms. The minimum Gasteiger partial charge on any atom is -0.396 e. The fourth-order valence-electron chi connectivity index (χ4n) is 1.76. The molecule has 0 saturated carbocycles. The van der Waals surface area contributed by atoms with Gasteiger partial charge in [0.2, 0.25) is 15.9 Å². The predicted molar refractivity (Wildman–Crippen MR) is 80.2 cm³/mol. The molecule has 0 heterocycles. The second-order valence-corrected chi connectivity index (χ2v) is 6.86. The quantitative estimate of drug-likeness (QED) is 0.653. The summed E-state index contributed by atoms with van der Waals surface area (Å²) in [5, 5.41) is 11.2. The van der Waals surface area contributed by atoms with E-state index in [4.69, 9.17) is 5.11 Å². The van der Waals surface area contributed by atoms with Crippen LogP contribution >= 0.6 is 0 Å². The van der Waals surface area contributed by atoms with Crippen LogP contribution in [0.3, 0.4) is 0 Å². The monoisotopic (exact) mass is 332 g/mol. The number of amides is 1. The second-order valence-electron chi connectivity index (χ2n) is 4.81. The van der Waals surface area contributed by atoms with Crippen LogP contribution in [-0.4, -0.2) is 50.5 Å². The van der Waals surface area contributed by atoms with E-state index >= 15 is 0 Å². The number of rotatable bonds is 9. The van der Waals surface area contributed by atoms with Gasteiger partial charge in [-0.25, -0.2) is 17.1 Å². The highest BCUT2D eigenvalue weighted by atomic mass is 32.2. The van der Waals surface area contributed by atoms with Crippen molar-refractivity contribution in [3.63, 3.8) is 0 Å². The van der Waals surface area contributed by atoms with Crippen LogP contribution in [0.2, 0.25) is 0 Å². The number of benzene rings is 1. The second kappa shape index (κ2) is 8.82. The Hall–Kier alpha value is -1.51. The SMILES string of the molecule is CN(CCCC(=O)NCCCO)S(=O)(=O)c1ccc(F)cc1. The van der Waals surface area contributed by atoms with Gasteiger partial charge < -0.3 is 10.4 Å². The molecule has 0 aliphatic heterocycles. The molecule has 1 rings (SSSR count). The van der Waals surface area contributed by atoms with Gasteiger partial charge in [0, 0.05) is 33.2 Å². The highest BCUT2D eigenvalue weighted by molar-refractivity contribution is 7.89. The van der Waals surface area contributed by atoms with Crippen LogP contribution in [0.1, 0.15) is 19.3 Å². The standard InChI is InChI=1S/C14H21FN2O4S/c1-17(10-2-4-14(19)16-9-3-11-18)22(20,21)13-7-5-12(15)6-8-13/h5-8,18H,2-4,9-11H2,1H3,(H,16,19). The Balaban J connectivity index is 2.45. The average molecular weight is 332 g/mol. The minimum absolute atomic E-state index is 0.0128. The van der Waals surface area contributed by atoms with Crippen molar-refractivity contribution in [1.82, 2.24) is 9.62 Å². The van der Waals surface area contributed by atoms with Gasteiger partial charge in [0.05, 0.1) is 4.90 Å². The van der Waals surface area contributed by atoms with Gasteiger partial charge >= 0.3 is 0 Å². The zero-order valence-electron chi connectivity index (χ0n) is 12.5. The van der Waals surface area contributed by atoms with E-state index in [9.17, 15) is 17.6 Å². The number of nitrogens with one attached hydrogen (secondary N) is 1. The maximum atomic E-state index is 12.8. The van der Waals surface area contributed by atoms with Crippen LogP contribution in [0.15, 0.2) is 29.2 Å². The molecular formula is C14H21FN2O4S. The van der Waals surface area contributed by atoms with Gasteiger partial charge in [-0.2, -0.15) is 0 Å². The Morgan fingerprint density at radius 3 is 2.50 bits per heavy atom. The number of sulfonamides is 1. The first kappa shape index (κ1) is 18.5. The van der Waals surface area contributed by atoms with Crippen molar-refractivity contribution in [1.29, 1.82) is 0 Å². The molecule has 0 spiro atoms. The molecule has 0 atom stereocenters. The fourth-order valence-corrected chi connectivity index (χ4v) is 2.97. The Morgan fingerprint density at radius 2 is 1.91 bits per heavy atom. The van der Waals surface area contributed by atoms with Gasteiger partial charge in [0.1, 0.15) is 5.82 Å². The maximum Gasteiger partial charge on any atom is 0.242 e. The van der Waals surface area contributed by atoms with Gasteiger partial charge in [0.15, 0.2) is 0 Å². The van der Waals surface area contributed by atoms with Gasteiger partial charge in [-0.1, -0.05) is 0 Å². The van der Waals surface area contributed by atoms with Crippen LogP contribution in [0.5, 0.6) is 0 Å². The van der Waals surface area contributed by atoms with Crippen molar-refractivity contribution in [3.05, 3.63) is 30.1 Å². The van der Waals surface area contributed by atoms with Crippen LogP contribution in [0.25, 0.3) is 0 Å². The molecule has 1 amide bonds. The summed E-state index contributed by atoms with van der Waals surface area (Å²) in [6, 6.07) is 4.61. The lowest BCUT2D eigenvalue weighted by Gasteiger charge is -2.17. The number of halogens is 1. The van der Waals surface area contributed by atoms with Gasteiger partial charge in [-0.15, -0.1) is 0 Å². The molecular weight excluding hydrogens is 311 g/mol. The van der Waals surface area contributed by atoms with Gasteiger partial charge in [-0.05, 0) is 37.1 Å². The van der Waals surface area contributed by atoms with E-state index in [0.717, 1.165) is 16.4 Å². The first-order valence-corrected chi connectivity index (χ1v) is 8.41. The van der Waals surface area contributed by atoms with E-state index in [1.54, 1.807) is 0 Å². The maximum absolute atomic E-state index is 12.8. The molecule has 124 valence electrons. The molecule has 0 saturated heterocycles. The third-order valence-electron chi connectivity index (χ3n) is 3.06. The zero-order chi connectivity index (χ0) is 16.6. The summed E-state index contributed by atoms with van der Waals surface area (Å²) in [5.74, 6) is -0.679. The first-order chi connectivity index (χ1) is 10.4. The summed E-state index contributed by atoms with van der Waals surface area (Å²) in [6.45, 7) is 0.602. The van der Waals surface area contributed by atoms with E-state index in [0.29, 0.717) is 19.4 Å². The lowest BCUT2D eigenvalue weighted by Crippen LogP contribution is -2.30. The van der Waals surface area contributed by atoms with E-state index in [-0.39, 0.29) is 30.4 Å². The molecule has 0 radical (unpaired) electrons. The molecule has 0 aliphatic carbocycles. The number of carbonyl (C=O) groups is 1. The summed E-state index contributed by atoms with van der Waals surface area (Å²) in [5.41, 5.74) is 0. The van der Waals surface area contributed by atoms with Crippen molar-refractivity contribution in [2.24, 2.45) is 0 Å². The number of aliphatic hydroxyl groups excluding tert-OH is 1. The molecule has 0 bridgehead atoms. The molecule has 0 fully saturated rings. The fraction of sp³-hybridized carbons (Fsp3) is 0.500. The summed E-state index contributed by atoms with van der Waals surface area (Å²) < 4.78 is 38.4. The summed E-state index contributed by atoms with van der Waals surface area (Å²) in [6.07, 6.45) is 1.07. The minimum atomic E-state index is -3.67. The number of carbonyl (C=O) groups excluding carboxylic acids is 1. The third kappa shape index (κ3) is 5.70. The molecule has 6 nitrogen and oxygen atoms in total. The zero-order valence-corrected chi connectivity index (χ0v) is 13.3. The number of nitrogens with zero attached hydrogens (tertiary/aromatic N) is 1.